The molecule has 2 aliphatic heterocycles. The monoisotopic (exact) mass is 466 g/mol. The lowest BCUT2D eigenvalue weighted by molar-refractivity contribution is -0.133. The van der Waals surface area contributed by atoms with Crippen molar-refractivity contribution in [2.24, 2.45) is 17.8 Å². The molecule has 0 N–H and O–H groups in total. The maximum absolute atomic E-state index is 14.4. The lowest BCUT2D eigenvalue weighted by Crippen LogP contribution is -2.42. The van der Waals surface area contributed by atoms with Crippen LogP contribution in [0.1, 0.15) is 50.2 Å². The van der Waals surface area contributed by atoms with E-state index in [4.69, 9.17) is 4.74 Å². The van der Waals surface area contributed by atoms with Gasteiger partial charge in [-0.05, 0) is 73.5 Å². The van der Waals surface area contributed by atoms with Gasteiger partial charge in [-0.2, -0.15) is 0 Å². The highest BCUT2D eigenvalue weighted by atomic mass is 19.1. The number of piperidine rings is 1. The molecule has 0 radical (unpaired) electrons. The van der Waals surface area contributed by atoms with E-state index in [-0.39, 0.29) is 18.1 Å². The van der Waals surface area contributed by atoms with Gasteiger partial charge in [-0.3, -0.25) is 4.79 Å². The minimum Gasteiger partial charge on any atom is -0.493 e. The van der Waals surface area contributed by atoms with E-state index in [9.17, 15) is 9.18 Å². The number of likely N-dealkylation sites (tertiary alicyclic amines) is 1. The van der Waals surface area contributed by atoms with E-state index < -0.39 is 0 Å². The van der Waals surface area contributed by atoms with Gasteiger partial charge in [0.2, 0.25) is 11.9 Å². The number of amides is 1. The Morgan fingerprint density at radius 2 is 1.91 bits per heavy atom. The molecule has 2 unspecified atom stereocenters. The topological polar surface area (TPSA) is 58.6 Å². The molecule has 3 fully saturated rings. The first-order chi connectivity index (χ1) is 16.6. The third kappa shape index (κ3) is 5.34. The molecule has 0 bridgehead atoms. The summed E-state index contributed by atoms with van der Waals surface area (Å²) in [5.41, 5.74) is 1.63. The highest BCUT2D eigenvalue weighted by Gasteiger charge is 2.43. The Morgan fingerprint density at radius 1 is 1.15 bits per heavy atom. The van der Waals surface area contributed by atoms with Gasteiger partial charge in [0.15, 0.2) is 0 Å². The van der Waals surface area contributed by atoms with Crippen LogP contribution in [-0.2, 0) is 17.6 Å². The molecule has 1 aromatic carbocycles. The van der Waals surface area contributed by atoms with Gasteiger partial charge in [0, 0.05) is 44.6 Å². The molecule has 2 saturated heterocycles. The van der Waals surface area contributed by atoms with Crippen molar-refractivity contribution < 1.29 is 13.9 Å². The Hall–Kier alpha value is -2.70. The number of aryl methyl sites for hydroxylation is 1. The predicted octanol–water partition coefficient (Wildman–Crippen LogP) is 4.27. The number of halogens is 1. The van der Waals surface area contributed by atoms with Crippen molar-refractivity contribution in [3.63, 3.8) is 0 Å². The minimum atomic E-state index is -0.351. The number of aromatic nitrogens is 2. The van der Waals surface area contributed by atoms with Crippen LogP contribution in [0.4, 0.5) is 10.3 Å². The molecule has 2 atom stereocenters. The summed E-state index contributed by atoms with van der Waals surface area (Å²) in [5, 5.41) is 0. The normalized spacial score (nSPS) is 22.4. The zero-order valence-electron chi connectivity index (χ0n) is 20.1. The van der Waals surface area contributed by atoms with Crippen LogP contribution in [0.5, 0.6) is 5.75 Å². The lowest BCUT2D eigenvalue weighted by atomic mass is 9.90. The molecular formula is C27H35FN4O2. The molecule has 7 heteroatoms. The highest BCUT2D eigenvalue weighted by molar-refractivity contribution is 5.79. The number of benzene rings is 1. The Morgan fingerprint density at radius 3 is 2.56 bits per heavy atom. The van der Waals surface area contributed by atoms with Gasteiger partial charge >= 0.3 is 0 Å². The van der Waals surface area contributed by atoms with Crippen molar-refractivity contribution in [3.05, 3.63) is 47.5 Å². The number of hydrogen-bond donors (Lipinski definition) is 0. The number of hydrogen-bond acceptors (Lipinski definition) is 5. The largest absolute Gasteiger partial charge is 0.493 e. The van der Waals surface area contributed by atoms with E-state index in [1.165, 1.54) is 30.9 Å². The van der Waals surface area contributed by atoms with E-state index >= 15 is 0 Å². The molecule has 182 valence electrons. The molecule has 0 spiro atoms. The van der Waals surface area contributed by atoms with Crippen molar-refractivity contribution in [1.29, 1.82) is 0 Å². The molecule has 1 amide bonds. The summed E-state index contributed by atoms with van der Waals surface area (Å²) in [6, 6.07) is 4.90. The maximum Gasteiger partial charge on any atom is 0.227 e. The van der Waals surface area contributed by atoms with Crippen LogP contribution in [0.25, 0.3) is 0 Å². The van der Waals surface area contributed by atoms with Crippen molar-refractivity contribution in [3.8, 4) is 5.75 Å². The third-order valence-corrected chi connectivity index (χ3v) is 7.84. The number of nitrogens with zero attached hydrogens (tertiary/aromatic N) is 4. The quantitative estimate of drug-likeness (QED) is 0.552. The van der Waals surface area contributed by atoms with Crippen LogP contribution < -0.4 is 9.64 Å². The average molecular weight is 467 g/mol. The number of carbonyl (C=O) groups excluding carboxylic acids is 1. The molecule has 6 nitrogen and oxygen atoms in total. The van der Waals surface area contributed by atoms with Crippen LogP contribution in [0.15, 0.2) is 30.6 Å². The molecule has 1 saturated carbocycles. The average Bonchev–Trinajstić information content (AvgIpc) is 3.59. The van der Waals surface area contributed by atoms with Crippen LogP contribution in [0.2, 0.25) is 0 Å². The SMILES string of the molecule is CCc1cnc(N2CCC(C3CC3CCOc3ccc(CC(=O)N4CCC4)c(F)c3)CC2)nc1. The smallest absolute Gasteiger partial charge is 0.227 e. The van der Waals surface area contributed by atoms with Gasteiger partial charge in [0.1, 0.15) is 11.6 Å². The first-order valence-electron chi connectivity index (χ1n) is 12.9. The Kier molecular flexibility index (Phi) is 6.97. The highest BCUT2D eigenvalue weighted by Crippen LogP contribution is 2.49. The van der Waals surface area contributed by atoms with Gasteiger partial charge in [0.05, 0.1) is 13.0 Å². The summed E-state index contributed by atoms with van der Waals surface area (Å²) >= 11 is 0. The standard InChI is InChI=1S/C27H35FN4O2/c1-2-19-17-29-27(30-18-19)32-11-6-20(7-12-32)24-14-21(24)8-13-34-23-5-4-22(25(28)16-23)15-26(33)31-9-3-10-31/h4-5,16-18,20-21,24H,2-3,6-15H2,1H3. The first-order valence-corrected chi connectivity index (χ1v) is 12.9. The summed E-state index contributed by atoms with van der Waals surface area (Å²) in [6.07, 6.45) is 10.7. The lowest BCUT2D eigenvalue weighted by Gasteiger charge is -2.32. The Labute approximate surface area is 201 Å². The van der Waals surface area contributed by atoms with Gasteiger partial charge in [-0.15, -0.1) is 0 Å². The fraction of sp³-hybridized carbons (Fsp3) is 0.593. The van der Waals surface area contributed by atoms with Gasteiger partial charge < -0.3 is 14.5 Å². The summed E-state index contributed by atoms with van der Waals surface area (Å²) in [7, 11) is 0. The maximum atomic E-state index is 14.4. The fourth-order valence-electron chi connectivity index (χ4n) is 5.33. The molecule has 1 aliphatic carbocycles. The third-order valence-electron chi connectivity index (χ3n) is 7.84. The first kappa shape index (κ1) is 23.1. The van der Waals surface area contributed by atoms with Crippen LogP contribution in [0.3, 0.4) is 0 Å². The van der Waals surface area contributed by atoms with Gasteiger partial charge in [-0.1, -0.05) is 13.0 Å². The van der Waals surface area contributed by atoms with Crippen molar-refractivity contribution in [2.45, 2.75) is 51.9 Å². The Balaban J connectivity index is 1.02. The summed E-state index contributed by atoms with van der Waals surface area (Å²) in [6.45, 7) is 6.38. The van der Waals surface area contributed by atoms with Crippen LogP contribution in [-0.4, -0.2) is 53.6 Å². The molecule has 3 heterocycles. The second-order valence-electron chi connectivity index (χ2n) is 10.0. The van der Waals surface area contributed by atoms with E-state index in [2.05, 4.69) is 21.8 Å². The summed E-state index contributed by atoms with van der Waals surface area (Å²) in [4.78, 5) is 25.2. The van der Waals surface area contributed by atoms with E-state index in [0.717, 1.165) is 69.1 Å². The fourth-order valence-corrected chi connectivity index (χ4v) is 5.33. The van der Waals surface area contributed by atoms with E-state index in [1.807, 2.05) is 12.4 Å². The predicted molar refractivity (Wildman–Crippen MR) is 129 cm³/mol. The number of rotatable bonds is 9. The zero-order chi connectivity index (χ0) is 23.5. The van der Waals surface area contributed by atoms with Crippen molar-refractivity contribution in [2.75, 3.05) is 37.7 Å². The zero-order valence-corrected chi connectivity index (χ0v) is 20.1. The number of ether oxygens (including phenoxy) is 1. The van der Waals surface area contributed by atoms with Crippen LogP contribution >= 0.6 is 0 Å². The number of carbonyl (C=O) groups is 1. The molecule has 1 aromatic heterocycles. The minimum absolute atomic E-state index is 0.00588. The van der Waals surface area contributed by atoms with Gasteiger partial charge in [0.25, 0.3) is 0 Å². The molecule has 3 aliphatic rings. The Bertz CT molecular complexity index is 987. The van der Waals surface area contributed by atoms with E-state index in [1.54, 1.807) is 17.0 Å². The number of anilines is 1. The second kappa shape index (κ2) is 10.3. The molecule has 34 heavy (non-hydrogen) atoms. The van der Waals surface area contributed by atoms with Crippen molar-refractivity contribution >= 4 is 11.9 Å². The molecule has 2 aromatic rings. The molecular weight excluding hydrogens is 431 g/mol. The van der Waals surface area contributed by atoms with E-state index in [0.29, 0.717) is 17.9 Å². The summed E-state index contributed by atoms with van der Waals surface area (Å²) < 4.78 is 20.3. The summed E-state index contributed by atoms with van der Waals surface area (Å²) in [5.74, 6) is 3.35. The van der Waals surface area contributed by atoms with Gasteiger partial charge in [-0.25, -0.2) is 14.4 Å². The van der Waals surface area contributed by atoms with Crippen molar-refractivity contribution in [1.82, 2.24) is 14.9 Å². The molecule has 5 rings (SSSR count). The second-order valence-corrected chi connectivity index (χ2v) is 10.0. The van der Waals surface area contributed by atoms with Crippen LogP contribution in [0, 0.1) is 23.6 Å².